The molecule has 0 radical (unpaired) electrons. The van der Waals surface area contributed by atoms with Gasteiger partial charge in [-0.15, -0.1) is 0 Å². The van der Waals surface area contributed by atoms with Gasteiger partial charge in [0.1, 0.15) is 0 Å². The van der Waals surface area contributed by atoms with E-state index < -0.39 is 5.60 Å². The Morgan fingerprint density at radius 1 is 1.22 bits per heavy atom. The van der Waals surface area contributed by atoms with Crippen molar-refractivity contribution in [1.29, 1.82) is 0 Å². The summed E-state index contributed by atoms with van der Waals surface area (Å²) in [5, 5.41) is 5.76. The summed E-state index contributed by atoms with van der Waals surface area (Å²) in [6, 6.07) is 14.6. The first-order chi connectivity index (χ1) is 11.0. The standard InChI is InChI=1S/C19H24N2O2/c1-14(22)23-19(11-12-20-13-18(19)21(2)3)17-10-6-8-15-7-4-5-9-16(15)17/h4-10,18,20H,11-13H2,1-3H3. The van der Waals surface area contributed by atoms with Crippen LogP contribution in [0.15, 0.2) is 42.5 Å². The van der Waals surface area contributed by atoms with Crippen molar-refractivity contribution >= 4 is 16.7 Å². The highest BCUT2D eigenvalue weighted by Crippen LogP contribution is 2.40. The number of nitrogens with one attached hydrogen (secondary N) is 1. The topological polar surface area (TPSA) is 41.6 Å². The van der Waals surface area contributed by atoms with E-state index in [0.29, 0.717) is 0 Å². The number of carbonyl (C=O) groups is 1. The van der Waals surface area contributed by atoms with Crippen LogP contribution in [-0.4, -0.2) is 44.1 Å². The molecule has 0 bridgehead atoms. The number of likely N-dealkylation sites (N-methyl/N-ethyl adjacent to an activating group) is 1. The number of esters is 1. The van der Waals surface area contributed by atoms with Crippen molar-refractivity contribution in [3.05, 3.63) is 48.0 Å². The number of hydrogen-bond donors (Lipinski definition) is 1. The molecule has 2 aromatic rings. The van der Waals surface area contributed by atoms with Crippen molar-refractivity contribution in [2.75, 3.05) is 27.2 Å². The van der Waals surface area contributed by atoms with Crippen LogP contribution in [0.1, 0.15) is 18.9 Å². The number of carbonyl (C=O) groups excluding carboxylic acids is 1. The van der Waals surface area contributed by atoms with Crippen molar-refractivity contribution < 1.29 is 9.53 Å². The third-order valence-electron chi connectivity index (χ3n) is 4.74. The summed E-state index contributed by atoms with van der Waals surface area (Å²) in [7, 11) is 4.09. The predicted octanol–water partition coefficient (Wildman–Crippen LogP) is 2.52. The molecule has 0 aromatic heterocycles. The van der Waals surface area contributed by atoms with Gasteiger partial charge in [-0.05, 0) is 31.4 Å². The minimum absolute atomic E-state index is 0.0888. The van der Waals surface area contributed by atoms with E-state index in [0.717, 1.165) is 30.5 Å². The van der Waals surface area contributed by atoms with Crippen LogP contribution in [0.25, 0.3) is 10.8 Å². The SMILES string of the molecule is CC(=O)OC1(c2cccc3ccccc23)CCNCC1N(C)C. The minimum atomic E-state index is -0.624. The Morgan fingerprint density at radius 3 is 2.70 bits per heavy atom. The van der Waals surface area contributed by atoms with Crippen LogP contribution in [0, 0.1) is 0 Å². The first kappa shape index (κ1) is 16.0. The van der Waals surface area contributed by atoms with Gasteiger partial charge < -0.3 is 15.0 Å². The molecule has 1 saturated heterocycles. The molecule has 122 valence electrons. The molecule has 3 rings (SSSR count). The van der Waals surface area contributed by atoms with E-state index >= 15 is 0 Å². The fraction of sp³-hybridized carbons (Fsp3) is 0.421. The molecule has 1 aliphatic heterocycles. The lowest BCUT2D eigenvalue weighted by Gasteiger charge is -2.47. The van der Waals surface area contributed by atoms with Crippen LogP contribution >= 0.6 is 0 Å². The monoisotopic (exact) mass is 312 g/mol. The lowest BCUT2D eigenvalue weighted by atomic mass is 9.78. The molecule has 1 aliphatic rings. The van der Waals surface area contributed by atoms with E-state index in [2.05, 4.69) is 40.5 Å². The quantitative estimate of drug-likeness (QED) is 0.884. The van der Waals surface area contributed by atoms with Crippen LogP contribution in [0.3, 0.4) is 0 Å². The van der Waals surface area contributed by atoms with Gasteiger partial charge in [0.05, 0.1) is 6.04 Å². The van der Waals surface area contributed by atoms with Gasteiger partial charge in [-0.25, -0.2) is 0 Å². The zero-order valence-electron chi connectivity index (χ0n) is 14.0. The molecule has 2 aromatic carbocycles. The van der Waals surface area contributed by atoms with Gasteiger partial charge in [0, 0.05) is 25.5 Å². The molecule has 1 N–H and O–H groups in total. The van der Waals surface area contributed by atoms with E-state index in [1.807, 2.05) is 26.2 Å². The second-order valence-electron chi connectivity index (χ2n) is 6.44. The molecule has 0 spiro atoms. The third kappa shape index (κ3) is 2.84. The molecule has 0 saturated carbocycles. The van der Waals surface area contributed by atoms with Crippen molar-refractivity contribution in [3.63, 3.8) is 0 Å². The summed E-state index contributed by atoms with van der Waals surface area (Å²) in [4.78, 5) is 14.1. The van der Waals surface area contributed by atoms with Crippen LogP contribution in [0.2, 0.25) is 0 Å². The van der Waals surface area contributed by atoms with E-state index in [4.69, 9.17) is 4.74 Å². The first-order valence-electron chi connectivity index (χ1n) is 8.09. The molecule has 4 nitrogen and oxygen atoms in total. The van der Waals surface area contributed by atoms with Gasteiger partial charge in [0.15, 0.2) is 5.60 Å². The van der Waals surface area contributed by atoms with Crippen LogP contribution in [-0.2, 0) is 15.1 Å². The average Bonchev–Trinajstić information content (AvgIpc) is 2.54. The highest BCUT2D eigenvalue weighted by molar-refractivity contribution is 5.87. The second-order valence-corrected chi connectivity index (χ2v) is 6.44. The molecule has 2 atom stereocenters. The smallest absolute Gasteiger partial charge is 0.303 e. The number of rotatable bonds is 3. The number of piperidine rings is 1. The molecule has 4 heteroatoms. The maximum absolute atomic E-state index is 11.9. The van der Waals surface area contributed by atoms with Crippen LogP contribution in [0.5, 0.6) is 0 Å². The number of benzene rings is 2. The molecule has 0 aliphatic carbocycles. The maximum Gasteiger partial charge on any atom is 0.303 e. The Labute approximate surface area is 137 Å². The maximum atomic E-state index is 11.9. The molecule has 2 unspecified atom stereocenters. The lowest BCUT2D eigenvalue weighted by Crippen LogP contribution is -2.59. The molecule has 23 heavy (non-hydrogen) atoms. The van der Waals surface area contributed by atoms with Gasteiger partial charge in [-0.1, -0.05) is 42.5 Å². The number of fused-ring (bicyclic) bond motifs is 1. The minimum Gasteiger partial charge on any atom is -0.453 e. The zero-order valence-corrected chi connectivity index (χ0v) is 14.0. The Kier molecular flexibility index (Phi) is 4.37. The van der Waals surface area contributed by atoms with Crippen molar-refractivity contribution in [3.8, 4) is 0 Å². The molecule has 0 amide bonds. The second kappa shape index (κ2) is 6.30. The zero-order chi connectivity index (χ0) is 16.4. The summed E-state index contributed by atoms with van der Waals surface area (Å²) < 4.78 is 6.03. The number of ether oxygens (including phenoxy) is 1. The molecular weight excluding hydrogens is 288 g/mol. The molecule has 1 heterocycles. The van der Waals surface area contributed by atoms with Gasteiger partial charge in [0.25, 0.3) is 0 Å². The van der Waals surface area contributed by atoms with Crippen molar-refractivity contribution in [2.45, 2.75) is 25.0 Å². The highest BCUT2D eigenvalue weighted by Gasteiger charge is 2.47. The van der Waals surface area contributed by atoms with Crippen LogP contribution < -0.4 is 5.32 Å². The molecular formula is C19H24N2O2. The summed E-state index contributed by atoms with van der Waals surface area (Å²) in [5.74, 6) is -0.230. The predicted molar refractivity (Wildman–Crippen MR) is 92.4 cm³/mol. The first-order valence-corrected chi connectivity index (χ1v) is 8.09. The normalized spacial score (nSPS) is 24.8. The fourth-order valence-corrected chi connectivity index (χ4v) is 3.78. The van der Waals surface area contributed by atoms with Crippen molar-refractivity contribution in [2.24, 2.45) is 0 Å². The Bertz CT molecular complexity index is 708. The largest absolute Gasteiger partial charge is 0.453 e. The van der Waals surface area contributed by atoms with Gasteiger partial charge in [-0.3, -0.25) is 4.79 Å². The highest BCUT2D eigenvalue weighted by atomic mass is 16.6. The Hall–Kier alpha value is -1.91. The Morgan fingerprint density at radius 2 is 1.96 bits per heavy atom. The van der Waals surface area contributed by atoms with Gasteiger partial charge >= 0.3 is 5.97 Å². The van der Waals surface area contributed by atoms with E-state index in [1.54, 1.807) is 0 Å². The summed E-state index contributed by atoms with van der Waals surface area (Å²) >= 11 is 0. The lowest BCUT2D eigenvalue weighted by molar-refractivity contribution is -0.169. The van der Waals surface area contributed by atoms with E-state index in [-0.39, 0.29) is 12.0 Å². The molecule has 1 fully saturated rings. The summed E-state index contributed by atoms with van der Waals surface area (Å²) in [5.41, 5.74) is 0.479. The fourth-order valence-electron chi connectivity index (χ4n) is 3.78. The average molecular weight is 312 g/mol. The number of nitrogens with zero attached hydrogens (tertiary/aromatic N) is 1. The van der Waals surface area contributed by atoms with E-state index in [1.165, 1.54) is 12.3 Å². The van der Waals surface area contributed by atoms with Gasteiger partial charge in [0.2, 0.25) is 0 Å². The van der Waals surface area contributed by atoms with Gasteiger partial charge in [-0.2, -0.15) is 0 Å². The van der Waals surface area contributed by atoms with E-state index in [9.17, 15) is 4.79 Å². The summed E-state index contributed by atoms with van der Waals surface area (Å²) in [6.45, 7) is 3.13. The third-order valence-corrected chi connectivity index (χ3v) is 4.74. The Balaban J connectivity index is 2.23. The van der Waals surface area contributed by atoms with Crippen LogP contribution in [0.4, 0.5) is 0 Å². The number of hydrogen-bond acceptors (Lipinski definition) is 4. The van der Waals surface area contributed by atoms with Crippen molar-refractivity contribution in [1.82, 2.24) is 10.2 Å². The summed E-state index contributed by atoms with van der Waals surface area (Å²) in [6.07, 6.45) is 0.767.